The third-order valence-corrected chi connectivity index (χ3v) is 4.89. The second kappa shape index (κ2) is 7.94. The van der Waals surface area contributed by atoms with Gasteiger partial charge in [-0.15, -0.1) is 11.3 Å². The van der Waals surface area contributed by atoms with Gasteiger partial charge in [0, 0.05) is 10.4 Å². The second-order valence-corrected chi connectivity index (χ2v) is 6.87. The van der Waals surface area contributed by atoms with Crippen LogP contribution in [0, 0.1) is 0 Å². The monoisotopic (exact) mass is 353 g/mol. The summed E-state index contributed by atoms with van der Waals surface area (Å²) in [6.45, 7) is 2.53. The maximum Gasteiger partial charge on any atom is 0.251 e. The molecule has 3 rings (SSSR count). The van der Waals surface area contributed by atoms with E-state index in [2.05, 4.69) is 12.2 Å². The van der Waals surface area contributed by atoms with Gasteiger partial charge < -0.3 is 9.73 Å². The van der Waals surface area contributed by atoms with E-state index >= 15 is 0 Å². The number of hydrogen-bond acceptors (Lipinski definition) is 4. The number of thiophene rings is 1. The van der Waals surface area contributed by atoms with E-state index in [4.69, 9.17) is 4.42 Å². The predicted molar refractivity (Wildman–Crippen MR) is 98.1 cm³/mol. The number of hydrogen-bond donors (Lipinski definition) is 1. The number of benzene rings is 1. The van der Waals surface area contributed by atoms with Crippen molar-refractivity contribution in [1.82, 2.24) is 5.32 Å². The highest BCUT2D eigenvalue weighted by Gasteiger charge is 2.14. The standard InChI is InChI=1S/C20H19NO3S/c1-2-4-14-6-8-15(9-7-14)20(23)21-13-16-10-11-18(25-16)19(22)17-5-3-12-24-17/h3,5-12H,2,4,13H2,1H3,(H,21,23). The number of amides is 1. The van der Waals surface area contributed by atoms with Crippen LogP contribution in [0.5, 0.6) is 0 Å². The molecule has 0 aliphatic heterocycles. The molecule has 1 aromatic carbocycles. The quantitative estimate of drug-likeness (QED) is 0.638. The first kappa shape index (κ1) is 17.2. The number of furan rings is 1. The summed E-state index contributed by atoms with van der Waals surface area (Å²) < 4.78 is 5.13. The predicted octanol–water partition coefficient (Wildman–Crippen LogP) is 4.45. The number of carbonyl (C=O) groups excluding carboxylic acids is 2. The fourth-order valence-electron chi connectivity index (χ4n) is 2.51. The molecule has 0 radical (unpaired) electrons. The summed E-state index contributed by atoms with van der Waals surface area (Å²) in [5.74, 6) is 0.0686. The molecule has 0 spiro atoms. The molecule has 1 N–H and O–H groups in total. The molecule has 4 nitrogen and oxygen atoms in total. The van der Waals surface area contributed by atoms with E-state index in [1.54, 1.807) is 18.2 Å². The van der Waals surface area contributed by atoms with E-state index in [0.717, 1.165) is 17.7 Å². The molecule has 0 aliphatic carbocycles. The topological polar surface area (TPSA) is 59.3 Å². The molecule has 2 aromatic heterocycles. The van der Waals surface area contributed by atoms with Crippen molar-refractivity contribution in [2.24, 2.45) is 0 Å². The maximum atomic E-state index is 12.2. The van der Waals surface area contributed by atoms with E-state index < -0.39 is 0 Å². The molecule has 1 amide bonds. The van der Waals surface area contributed by atoms with Crippen molar-refractivity contribution in [3.63, 3.8) is 0 Å². The fraction of sp³-hybridized carbons (Fsp3) is 0.200. The molecule has 5 heteroatoms. The fourth-order valence-corrected chi connectivity index (χ4v) is 3.40. The lowest BCUT2D eigenvalue weighted by Crippen LogP contribution is -2.22. The number of nitrogens with one attached hydrogen (secondary N) is 1. The zero-order valence-electron chi connectivity index (χ0n) is 14.0. The molecule has 25 heavy (non-hydrogen) atoms. The molecule has 0 saturated carbocycles. The van der Waals surface area contributed by atoms with Gasteiger partial charge in [-0.25, -0.2) is 0 Å². The summed E-state index contributed by atoms with van der Waals surface area (Å²) >= 11 is 1.36. The molecule has 3 aromatic rings. The van der Waals surface area contributed by atoms with E-state index in [-0.39, 0.29) is 11.7 Å². The van der Waals surface area contributed by atoms with Crippen molar-refractivity contribution in [3.8, 4) is 0 Å². The van der Waals surface area contributed by atoms with Gasteiger partial charge in [0.1, 0.15) is 0 Å². The van der Waals surface area contributed by atoms with Crippen LogP contribution in [0.15, 0.2) is 59.2 Å². The molecule has 0 bridgehead atoms. The first-order valence-electron chi connectivity index (χ1n) is 8.21. The Labute approximate surface area is 150 Å². The van der Waals surface area contributed by atoms with Gasteiger partial charge in [-0.05, 0) is 48.4 Å². The molecule has 0 saturated heterocycles. The van der Waals surface area contributed by atoms with Crippen LogP contribution in [0.4, 0.5) is 0 Å². The average molecular weight is 353 g/mol. The van der Waals surface area contributed by atoms with Gasteiger partial charge in [-0.2, -0.15) is 0 Å². The number of aryl methyl sites for hydroxylation is 1. The summed E-state index contributed by atoms with van der Waals surface area (Å²) in [5.41, 5.74) is 1.88. The lowest BCUT2D eigenvalue weighted by atomic mass is 10.1. The lowest BCUT2D eigenvalue weighted by molar-refractivity contribution is 0.0950. The summed E-state index contributed by atoms with van der Waals surface area (Å²) in [5, 5.41) is 2.89. The average Bonchev–Trinajstić information content (AvgIpc) is 3.32. The lowest BCUT2D eigenvalue weighted by Gasteiger charge is -2.05. The first-order valence-corrected chi connectivity index (χ1v) is 9.03. The van der Waals surface area contributed by atoms with Crippen molar-refractivity contribution >= 4 is 23.0 Å². The second-order valence-electron chi connectivity index (χ2n) is 5.70. The maximum absolute atomic E-state index is 12.2. The van der Waals surface area contributed by atoms with Crippen molar-refractivity contribution in [1.29, 1.82) is 0 Å². The van der Waals surface area contributed by atoms with E-state index in [1.807, 2.05) is 30.3 Å². The van der Waals surface area contributed by atoms with Gasteiger partial charge in [-0.3, -0.25) is 9.59 Å². The van der Waals surface area contributed by atoms with Crippen LogP contribution in [0.3, 0.4) is 0 Å². The molecular weight excluding hydrogens is 334 g/mol. The minimum Gasteiger partial charge on any atom is -0.461 e. The van der Waals surface area contributed by atoms with Crippen LogP contribution in [-0.4, -0.2) is 11.7 Å². The zero-order chi connectivity index (χ0) is 17.6. The Kier molecular flexibility index (Phi) is 5.46. The zero-order valence-corrected chi connectivity index (χ0v) is 14.8. The third kappa shape index (κ3) is 4.25. The van der Waals surface area contributed by atoms with Crippen LogP contribution < -0.4 is 5.32 Å². The summed E-state index contributed by atoms with van der Waals surface area (Å²) in [4.78, 5) is 25.9. The highest BCUT2D eigenvalue weighted by Crippen LogP contribution is 2.20. The molecule has 0 atom stereocenters. The van der Waals surface area contributed by atoms with Gasteiger partial charge in [0.05, 0.1) is 17.7 Å². The summed E-state index contributed by atoms with van der Waals surface area (Å²) in [6, 6.07) is 14.6. The Morgan fingerprint density at radius 2 is 1.88 bits per heavy atom. The minimum atomic E-state index is -0.140. The van der Waals surface area contributed by atoms with Gasteiger partial charge >= 0.3 is 0 Å². The molecule has 2 heterocycles. The first-order chi connectivity index (χ1) is 12.2. The summed E-state index contributed by atoms with van der Waals surface area (Å²) in [6.07, 6.45) is 3.58. The van der Waals surface area contributed by atoms with Crippen molar-refractivity contribution in [3.05, 3.63) is 81.4 Å². The molecule has 128 valence electrons. The molecule has 0 unspecified atom stereocenters. The smallest absolute Gasteiger partial charge is 0.251 e. The van der Waals surface area contributed by atoms with Crippen LogP contribution in [0.1, 0.15) is 49.6 Å². The normalized spacial score (nSPS) is 10.6. The van der Waals surface area contributed by atoms with Crippen LogP contribution in [0.2, 0.25) is 0 Å². The Morgan fingerprint density at radius 3 is 2.56 bits per heavy atom. The largest absolute Gasteiger partial charge is 0.461 e. The van der Waals surface area contributed by atoms with Crippen molar-refractivity contribution in [2.45, 2.75) is 26.3 Å². The Bertz CT molecular complexity index is 847. The van der Waals surface area contributed by atoms with Crippen LogP contribution in [-0.2, 0) is 13.0 Å². The van der Waals surface area contributed by atoms with Gasteiger partial charge in [0.25, 0.3) is 5.91 Å². The third-order valence-electron chi connectivity index (χ3n) is 3.81. The highest BCUT2D eigenvalue weighted by atomic mass is 32.1. The van der Waals surface area contributed by atoms with E-state index in [0.29, 0.717) is 22.7 Å². The van der Waals surface area contributed by atoms with Crippen molar-refractivity contribution in [2.75, 3.05) is 0 Å². The molecule has 0 aliphatic rings. The Morgan fingerprint density at radius 1 is 1.08 bits per heavy atom. The summed E-state index contributed by atoms with van der Waals surface area (Å²) in [7, 11) is 0. The minimum absolute atomic E-state index is 0.115. The van der Waals surface area contributed by atoms with Gasteiger partial charge in [-0.1, -0.05) is 25.5 Å². The number of rotatable bonds is 7. The van der Waals surface area contributed by atoms with Crippen LogP contribution in [0.25, 0.3) is 0 Å². The van der Waals surface area contributed by atoms with Gasteiger partial charge in [0.2, 0.25) is 5.78 Å². The highest BCUT2D eigenvalue weighted by molar-refractivity contribution is 7.14. The van der Waals surface area contributed by atoms with Gasteiger partial charge in [0.15, 0.2) is 5.76 Å². The SMILES string of the molecule is CCCc1ccc(C(=O)NCc2ccc(C(=O)c3ccco3)s2)cc1. The molecule has 0 fully saturated rings. The van der Waals surface area contributed by atoms with Crippen molar-refractivity contribution < 1.29 is 14.0 Å². The Hall–Kier alpha value is -2.66. The number of carbonyl (C=O) groups is 2. The van der Waals surface area contributed by atoms with Crippen LogP contribution >= 0.6 is 11.3 Å². The number of ketones is 1. The van der Waals surface area contributed by atoms with E-state index in [1.165, 1.54) is 23.2 Å². The Balaban J connectivity index is 1.58. The molecular formula is C20H19NO3S. The van der Waals surface area contributed by atoms with E-state index in [9.17, 15) is 9.59 Å².